The lowest BCUT2D eigenvalue weighted by atomic mass is 9.95. The van der Waals surface area contributed by atoms with Crippen molar-refractivity contribution in [1.82, 2.24) is 5.43 Å². The first-order valence-electron chi connectivity index (χ1n) is 7.30. The summed E-state index contributed by atoms with van der Waals surface area (Å²) in [7, 11) is 0. The minimum absolute atomic E-state index is 0.0164. The third-order valence-electron chi connectivity index (χ3n) is 4.01. The predicted molar refractivity (Wildman–Crippen MR) is 88.6 cm³/mol. The van der Waals surface area contributed by atoms with Gasteiger partial charge in [0.05, 0.1) is 11.4 Å². The summed E-state index contributed by atoms with van der Waals surface area (Å²) in [4.78, 5) is 23.7. The van der Waals surface area contributed by atoms with Crippen molar-refractivity contribution in [3.05, 3.63) is 29.8 Å². The van der Waals surface area contributed by atoms with Crippen LogP contribution in [-0.4, -0.2) is 17.5 Å². The monoisotopic (exact) mass is 317 g/mol. The Morgan fingerprint density at radius 2 is 1.91 bits per heavy atom. The standard InChI is InChI=1S/C16H19N3O2S/c1-16(2,3)15(21)19(22)10-6-4-9(5-7-10)13-11-8-12(11)14(20)18-17-13/h4-7,11-12,22H,8H2,1-3H3,(H,18,20). The van der Waals surface area contributed by atoms with E-state index in [2.05, 4.69) is 23.3 Å². The summed E-state index contributed by atoms with van der Waals surface area (Å²) < 4.78 is 1.37. The van der Waals surface area contributed by atoms with Gasteiger partial charge in [0.15, 0.2) is 0 Å². The molecular formula is C16H19N3O2S. The zero-order valence-electron chi connectivity index (χ0n) is 12.8. The van der Waals surface area contributed by atoms with Gasteiger partial charge in [-0.25, -0.2) is 5.43 Å². The Morgan fingerprint density at radius 3 is 2.50 bits per heavy atom. The molecule has 2 aliphatic rings. The lowest BCUT2D eigenvalue weighted by molar-refractivity contribution is -0.124. The molecule has 1 fully saturated rings. The van der Waals surface area contributed by atoms with Crippen LogP contribution in [0, 0.1) is 17.3 Å². The summed E-state index contributed by atoms with van der Waals surface area (Å²) in [6.07, 6.45) is 0.869. The second kappa shape index (κ2) is 5.12. The molecule has 2 atom stereocenters. The highest BCUT2D eigenvalue weighted by molar-refractivity contribution is 7.82. The first kappa shape index (κ1) is 15.1. The molecular weight excluding hydrogens is 298 g/mol. The maximum absolute atomic E-state index is 12.2. The average molecular weight is 317 g/mol. The van der Waals surface area contributed by atoms with Crippen LogP contribution in [0.3, 0.4) is 0 Å². The molecule has 1 aromatic rings. The Balaban J connectivity index is 1.79. The summed E-state index contributed by atoms with van der Waals surface area (Å²) in [6.45, 7) is 5.58. The second-order valence-electron chi connectivity index (χ2n) is 6.84. The van der Waals surface area contributed by atoms with Crippen LogP contribution < -0.4 is 9.73 Å². The highest BCUT2D eigenvalue weighted by Gasteiger charge is 2.49. The van der Waals surface area contributed by atoms with Crippen molar-refractivity contribution < 1.29 is 9.59 Å². The average Bonchev–Trinajstić information content (AvgIpc) is 3.27. The highest BCUT2D eigenvalue weighted by atomic mass is 32.1. The molecule has 2 amide bonds. The maximum Gasteiger partial charge on any atom is 0.243 e. The van der Waals surface area contributed by atoms with Gasteiger partial charge in [-0.2, -0.15) is 5.10 Å². The number of carbonyl (C=O) groups excluding carboxylic acids is 2. The smallest absolute Gasteiger partial charge is 0.243 e. The van der Waals surface area contributed by atoms with Gasteiger partial charge >= 0.3 is 0 Å². The number of hydrogen-bond acceptors (Lipinski definition) is 4. The number of nitrogens with one attached hydrogen (secondary N) is 1. The number of hydrogen-bond donors (Lipinski definition) is 2. The van der Waals surface area contributed by atoms with Gasteiger partial charge in [0.2, 0.25) is 11.8 Å². The van der Waals surface area contributed by atoms with E-state index in [-0.39, 0.29) is 23.7 Å². The van der Waals surface area contributed by atoms with Gasteiger partial charge in [0.1, 0.15) is 0 Å². The maximum atomic E-state index is 12.2. The van der Waals surface area contributed by atoms with E-state index in [9.17, 15) is 9.59 Å². The Hall–Kier alpha value is -1.82. The third kappa shape index (κ3) is 2.63. The van der Waals surface area contributed by atoms with Crippen LogP contribution >= 0.6 is 12.8 Å². The molecule has 2 unspecified atom stereocenters. The van der Waals surface area contributed by atoms with Crippen molar-refractivity contribution in [2.75, 3.05) is 4.31 Å². The lowest BCUT2D eigenvalue weighted by Crippen LogP contribution is -2.33. The van der Waals surface area contributed by atoms with Crippen LogP contribution in [0.2, 0.25) is 0 Å². The first-order valence-corrected chi connectivity index (χ1v) is 7.70. The van der Waals surface area contributed by atoms with E-state index in [4.69, 9.17) is 0 Å². The first-order chi connectivity index (χ1) is 10.3. The second-order valence-corrected chi connectivity index (χ2v) is 7.24. The van der Waals surface area contributed by atoms with Crippen molar-refractivity contribution in [1.29, 1.82) is 0 Å². The fourth-order valence-electron chi connectivity index (χ4n) is 2.56. The van der Waals surface area contributed by atoms with Gasteiger partial charge in [0.25, 0.3) is 0 Å². The summed E-state index contributed by atoms with van der Waals surface area (Å²) >= 11 is 4.30. The largest absolute Gasteiger partial charge is 0.273 e. The highest BCUT2D eigenvalue weighted by Crippen LogP contribution is 2.43. The van der Waals surface area contributed by atoms with Crippen LogP contribution in [0.15, 0.2) is 29.4 Å². The van der Waals surface area contributed by atoms with E-state index >= 15 is 0 Å². The van der Waals surface area contributed by atoms with E-state index in [1.807, 2.05) is 45.0 Å². The number of benzene rings is 1. The lowest BCUT2D eigenvalue weighted by Gasteiger charge is -2.24. The zero-order chi connectivity index (χ0) is 16.1. The molecule has 0 spiro atoms. The van der Waals surface area contributed by atoms with Gasteiger partial charge in [-0.15, -0.1) is 0 Å². The molecule has 6 heteroatoms. The van der Waals surface area contributed by atoms with Crippen molar-refractivity contribution in [2.24, 2.45) is 22.4 Å². The fourth-order valence-corrected chi connectivity index (χ4v) is 2.99. The minimum atomic E-state index is -0.487. The fraction of sp³-hybridized carbons (Fsp3) is 0.438. The molecule has 0 bridgehead atoms. The van der Waals surface area contributed by atoms with Crippen molar-refractivity contribution >= 4 is 36.0 Å². The Kier molecular flexibility index (Phi) is 3.51. The predicted octanol–water partition coefficient (Wildman–Crippen LogP) is 2.38. The zero-order valence-corrected chi connectivity index (χ0v) is 13.7. The van der Waals surface area contributed by atoms with E-state index in [1.54, 1.807) is 0 Å². The van der Waals surface area contributed by atoms with E-state index in [0.717, 1.165) is 23.4 Å². The van der Waals surface area contributed by atoms with Gasteiger partial charge < -0.3 is 0 Å². The van der Waals surface area contributed by atoms with Gasteiger partial charge in [-0.1, -0.05) is 45.7 Å². The van der Waals surface area contributed by atoms with Crippen LogP contribution in [0.1, 0.15) is 32.8 Å². The summed E-state index contributed by atoms with van der Waals surface area (Å²) in [5, 5.41) is 4.17. The minimum Gasteiger partial charge on any atom is -0.273 e. The van der Waals surface area contributed by atoms with Gasteiger partial charge in [-0.05, 0) is 24.1 Å². The van der Waals surface area contributed by atoms with Gasteiger partial charge in [-0.3, -0.25) is 13.9 Å². The van der Waals surface area contributed by atoms with Crippen LogP contribution in [-0.2, 0) is 9.59 Å². The molecule has 0 saturated heterocycles. The van der Waals surface area contributed by atoms with Gasteiger partial charge in [0, 0.05) is 17.3 Å². The molecule has 1 aliphatic carbocycles. The summed E-state index contributed by atoms with van der Waals surface area (Å²) in [5.74, 6) is 0.273. The summed E-state index contributed by atoms with van der Waals surface area (Å²) in [5.41, 5.74) is 4.70. The van der Waals surface area contributed by atoms with Crippen molar-refractivity contribution in [3.8, 4) is 0 Å². The van der Waals surface area contributed by atoms with Crippen LogP contribution in [0.5, 0.6) is 0 Å². The third-order valence-corrected chi connectivity index (χ3v) is 4.42. The molecule has 3 rings (SSSR count). The number of anilines is 1. The van der Waals surface area contributed by atoms with Crippen LogP contribution in [0.25, 0.3) is 0 Å². The van der Waals surface area contributed by atoms with Crippen molar-refractivity contribution in [2.45, 2.75) is 27.2 Å². The normalized spacial score (nSPS) is 23.3. The number of fused-ring (bicyclic) bond motifs is 1. The number of amides is 2. The molecule has 1 aliphatic heterocycles. The van der Waals surface area contributed by atoms with E-state index < -0.39 is 5.41 Å². The molecule has 1 saturated carbocycles. The Bertz CT molecular complexity index is 661. The molecule has 0 aromatic heterocycles. The molecule has 1 N–H and O–H groups in total. The molecule has 5 nitrogen and oxygen atoms in total. The molecule has 116 valence electrons. The number of nitrogens with zero attached hydrogens (tertiary/aromatic N) is 2. The Morgan fingerprint density at radius 1 is 1.27 bits per heavy atom. The SMILES string of the molecule is CC(C)(C)C(=O)N(S)c1ccc(C2=NNC(=O)C3CC23)cc1. The van der Waals surface area contributed by atoms with Crippen LogP contribution in [0.4, 0.5) is 5.69 Å². The topological polar surface area (TPSA) is 61.8 Å². The molecule has 1 aromatic carbocycles. The number of carbonyl (C=O) groups is 2. The number of hydrazone groups is 1. The summed E-state index contributed by atoms with van der Waals surface area (Å²) in [6, 6.07) is 7.53. The van der Waals surface area contributed by atoms with E-state index in [0.29, 0.717) is 0 Å². The molecule has 0 radical (unpaired) electrons. The quantitative estimate of drug-likeness (QED) is 0.823. The molecule has 1 heterocycles. The van der Waals surface area contributed by atoms with Crippen molar-refractivity contribution in [3.63, 3.8) is 0 Å². The van der Waals surface area contributed by atoms with E-state index in [1.165, 1.54) is 4.31 Å². The Labute approximate surface area is 135 Å². The number of rotatable bonds is 2. The number of thiol groups is 1. The molecule has 22 heavy (non-hydrogen) atoms.